The van der Waals surface area contributed by atoms with E-state index in [4.69, 9.17) is 32.3 Å². The van der Waals surface area contributed by atoms with E-state index in [0.29, 0.717) is 34.3 Å². The lowest BCUT2D eigenvalue weighted by Gasteiger charge is -2.12. The second kappa shape index (κ2) is 10.0. The van der Waals surface area contributed by atoms with E-state index in [-0.39, 0.29) is 18.9 Å². The molecule has 0 saturated heterocycles. The maximum absolute atomic E-state index is 10.8. The highest BCUT2D eigenvalue weighted by atomic mass is 35.5. The van der Waals surface area contributed by atoms with E-state index >= 15 is 0 Å². The highest BCUT2D eigenvalue weighted by molar-refractivity contribution is 6.32. The third-order valence-corrected chi connectivity index (χ3v) is 3.54. The van der Waals surface area contributed by atoms with Crippen molar-refractivity contribution in [3.05, 3.63) is 62.7 Å². The molecule has 0 bridgehead atoms. The lowest BCUT2D eigenvalue weighted by molar-refractivity contribution is -0.384. The summed E-state index contributed by atoms with van der Waals surface area (Å²) in [5, 5.41) is 15.0. The Bertz CT molecular complexity index is 877. The number of nitro groups is 1. The molecule has 7 nitrogen and oxygen atoms in total. The molecule has 2 rings (SSSR count). The van der Waals surface area contributed by atoms with Crippen molar-refractivity contribution >= 4 is 23.5 Å². The van der Waals surface area contributed by atoms with Crippen LogP contribution in [0.3, 0.4) is 0 Å². The van der Waals surface area contributed by atoms with Crippen LogP contribution < -0.4 is 9.47 Å². The van der Waals surface area contributed by atoms with Gasteiger partial charge in [0.05, 0.1) is 22.8 Å². The third kappa shape index (κ3) is 5.90. The van der Waals surface area contributed by atoms with Gasteiger partial charge in [0.1, 0.15) is 13.2 Å². The van der Waals surface area contributed by atoms with Crippen molar-refractivity contribution in [1.82, 2.24) is 0 Å². The third-order valence-electron chi connectivity index (χ3n) is 3.26. The molecule has 0 fully saturated rings. The summed E-state index contributed by atoms with van der Waals surface area (Å²) in [6.07, 6.45) is 6.66. The molecule has 0 amide bonds. The molecule has 8 heteroatoms. The van der Waals surface area contributed by atoms with Crippen molar-refractivity contribution in [3.63, 3.8) is 0 Å². The highest BCUT2D eigenvalue weighted by Gasteiger charge is 2.12. The first kappa shape index (κ1) is 20.1. The van der Waals surface area contributed by atoms with E-state index in [1.165, 1.54) is 18.3 Å². The Morgan fingerprint density at radius 3 is 2.85 bits per heavy atom. The molecule has 0 aromatic heterocycles. The molecule has 0 atom stereocenters. The summed E-state index contributed by atoms with van der Waals surface area (Å²) in [7, 11) is 0. The van der Waals surface area contributed by atoms with E-state index in [1.54, 1.807) is 24.3 Å². The van der Waals surface area contributed by atoms with Gasteiger partial charge in [0.15, 0.2) is 11.5 Å². The van der Waals surface area contributed by atoms with Crippen LogP contribution in [0, 0.1) is 22.5 Å². The van der Waals surface area contributed by atoms with Crippen molar-refractivity contribution in [2.24, 2.45) is 5.16 Å². The maximum Gasteiger partial charge on any atom is 0.269 e. The Morgan fingerprint density at radius 1 is 1.33 bits per heavy atom. The lowest BCUT2D eigenvalue weighted by Crippen LogP contribution is -2.01. The Morgan fingerprint density at radius 2 is 2.15 bits per heavy atom. The van der Waals surface area contributed by atoms with Crippen LogP contribution >= 0.6 is 11.6 Å². The summed E-state index contributed by atoms with van der Waals surface area (Å²) >= 11 is 6.22. The van der Waals surface area contributed by atoms with Gasteiger partial charge in [-0.2, -0.15) is 0 Å². The molecular weight excluding hydrogens is 372 g/mol. The molecule has 0 unspecified atom stereocenters. The number of terminal acetylenes is 1. The largest absolute Gasteiger partial charge is 0.490 e. The zero-order valence-corrected chi connectivity index (χ0v) is 15.3. The number of oxime groups is 1. The smallest absolute Gasteiger partial charge is 0.269 e. The molecule has 27 heavy (non-hydrogen) atoms. The van der Waals surface area contributed by atoms with Crippen molar-refractivity contribution in [2.45, 2.75) is 13.5 Å². The lowest BCUT2D eigenvalue weighted by atomic mass is 10.2. The Balaban J connectivity index is 2.07. The zero-order chi connectivity index (χ0) is 19.6. The maximum atomic E-state index is 10.8. The van der Waals surface area contributed by atoms with E-state index in [0.717, 1.165) is 0 Å². The molecule has 140 valence electrons. The number of nitrogens with zero attached hydrogens (tertiary/aromatic N) is 2. The fraction of sp³-hybridized carbons (Fsp3) is 0.211. The number of non-ortho nitro benzene ring substituents is 1. The summed E-state index contributed by atoms with van der Waals surface area (Å²) in [5.74, 6) is 3.18. The second-order valence-electron chi connectivity index (χ2n) is 5.19. The first-order chi connectivity index (χ1) is 13.0. The number of rotatable bonds is 9. The van der Waals surface area contributed by atoms with Crippen LogP contribution in [0.5, 0.6) is 11.5 Å². The van der Waals surface area contributed by atoms with E-state index in [9.17, 15) is 10.1 Å². The predicted molar refractivity (Wildman–Crippen MR) is 102 cm³/mol. The van der Waals surface area contributed by atoms with Gasteiger partial charge >= 0.3 is 0 Å². The molecule has 0 heterocycles. The first-order valence-electron chi connectivity index (χ1n) is 7.96. The molecular formula is C19H17ClN2O5. The first-order valence-corrected chi connectivity index (χ1v) is 8.34. The second-order valence-corrected chi connectivity index (χ2v) is 5.60. The number of halogens is 1. The molecule has 0 N–H and O–H groups in total. The minimum absolute atomic E-state index is 0.00391. The summed E-state index contributed by atoms with van der Waals surface area (Å²) in [5.41, 5.74) is 1.26. The van der Waals surface area contributed by atoms with Crippen LogP contribution in [-0.2, 0) is 11.4 Å². The minimum atomic E-state index is -0.464. The van der Waals surface area contributed by atoms with E-state index < -0.39 is 4.92 Å². The molecule has 0 spiro atoms. The Hall–Kier alpha value is -3.24. The van der Waals surface area contributed by atoms with Crippen LogP contribution in [0.2, 0.25) is 5.02 Å². The van der Waals surface area contributed by atoms with Gasteiger partial charge in [-0.3, -0.25) is 10.1 Å². The van der Waals surface area contributed by atoms with Crippen LogP contribution in [-0.4, -0.2) is 24.4 Å². The van der Waals surface area contributed by atoms with E-state index in [1.807, 2.05) is 6.92 Å². The molecule has 0 saturated carbocycles. The van der Waals surface area contributed by atoms with E-state index in [2.05, 4.69) is 11.1 Å². The predicted octanol–water partition coefficient (Wildman–Crippen LogP) is 4.21. The number of benzene rings is 2. The number of hydrogen-bond acceptors (Lipinski definition) is 6. The minimum Gasteiger partial charge on any atom is -0.490 e. The summed E-state index contributed by atoms with van der Waals surface area (Å²) in [6.45, 7) is 2.42. The average molecular weight is 389 g/mol. The topological polar surface area (TPSA) is 83.2 Å². The van der Waals surface area contributed by atoms with Crippen molar-refractivity contribution in [2.75, 3.05) is 13.2 Å². The molecule has 2 aromatic rings. The summed E-state index contributed by atoms with van der Waals surface area (Å²) in [6, 6.07) is 9.47. The summed E-state index contributed by atoms with van der Waals surface area (Å²) < 4.78 is 10.9. The van der Waals surface area contributed by atoms with Gasteiger partial charge in [0, 0.05) is 17.7 Å². The molecule has 0 aliphatic carbocycles. The van der Waals surface area contributed by atoms with Crippen molar-refractivity contribution in [3.8, 4) is 23.8 Å². The van der Waals surface area contributed by atoms with Crippen molar-refractivity contribution < 1.29 is 19.2 Å². The highest BCUT2D eigenvalue weighted by Crippen LogP contribution is 2.36. The van der Waals surface area contributed by atoms with Gasteiger partial charge in [0.25, 0.3) is 5.69 Å². The average Bonchev–Trinajstić information content (AvgIpc) is 2.65. The fourth-order valence-corrected chi connectivity index (χ4v) is 2.42. The van der Waals surface area contributed by atoms with Crippen LogP contribution in [0.1, 0.15) is 18.1 Å². The number of nitro benzene ring substituents is 1. The summed E-state index contributed by atoms with van der Waals surface area (Å²) in [4.78, 5) is 15.5. The van der Waals surface area contributed by atoms with Crippen LogP contribution in [0.4, 0.5) is 5.69 Å². The van der Waals surface area contributed by atoms with Crippen LogP contribution in [0.25, 0.3) is 0 Å². The standard InChI is InChI=1S/C19H17ClN2O5/c1-3-8-26-19-17(20)10-15(11-18(19)25-4-2)12-21-27-13-14-6-5-7-16(9-14)22(23)24/h1,5-7,9-12H,4,8,13H2,2H3/b21-12-. The number of hydrogen-bond donors (Lipinski definition) is 0. The van der Waals surface area contributed by atoms with Gasteiger partial charge in [0.2, 0.25) is 0 Å². The van der Waals surface area contributed by atoms with Gasteiger partial charge in [-0.25, -0.2) is 0 Å². The molecule has 0 radical (unpaired) electrons. The quantitative estimate of drug-likeness (QED) is 0.278. The number of ether oxygens (including phenoxy) is 2. The fourth-order valence-electron chi connectivity index (χ4n) is 2.15. The Kier molecular flexibility index (Phi) is 7.47. The van der Waals surface area contributed by atoms with Gasteiger partial charge in [-0.05, 0) is 24.6 Å². The van der Waals surface area contributed by atoms with Gasteiger partial charge < -0.3 is 14.3 Å². The SMILES string of the molecule is C#CCOc1c(Cl)cc(/C=N\OCc2cccc([N+](=O)[O-])c2)cc1OCC. The molecule has 2 aromatic carbocycles. The molecule has 0 aliphatic rings. The zero-order valence-electron chi connectivity index (χ0n) is 14.6. The van der Waals surface area contributed by atoms with Crippen molar-refractivity contribution in [1.29, 1.82) is 0 Å². The van der Waals surface area contributed by atoms with Crippen LogP contribution in [0.15, 0.2) is 41.6 Å². The monoisotopic (exact) mass is 388 g/mol. The molecule has 0 aliphatic heterocycles. The van der Waals surface area contributed by atoms with Gasteiger partial charge in [-0.1, -0.05) is 34.8 Å². The van der Waals surface area contributed by atoms with Gasteiger partial charge in [-0.15, -0.1) is 6.42 Å². The normalized spacial score (nSPS) is 10.4. The Labute approximate surface area is 161 Å².